The first-order valence-corrected chi connectivity index (χ1v) is 5.82. The Labute approximate surface area is 110 Å². The topological polar surface area (TPSA) is 35.2 Å². The Hall–Kier alpha value is -1.38. The van der Waals surface area contributed by atoms with Crippen molar-refractivity contribution in [2.45, 2.75) is 6.61 Å². The lowest BCUT2D eigenvalue weighted by Gasteiger charge is -2.07. The van der Waals surface area contributed by atoms with E-state index in [0.29, 0.717) is 22.3 Å². The Morgan fingerprint density at radius 1 is 0.941 bits per heavy atom. The zero-order valence-corrected chi connectivity index (χ0v) is 10.5. The van der Waals surface area contributed by atoms with Gasteiger partial charge in [0, 0.05) is 15.7 Å². The number of hydrogen-bond donors (Lipinski definition) is 1. The van der Waals surface area contributed by atoms with E-state index >= 15 is 0 Å². The lowest BCUT2D eigenvalue weighted by Crippen LogP contribution is -1.95. The van der Waals surface area contributed by atoms with Crippen LogP contribution in [-0.4, -0.2) is 0 Å². The summed E-state index contributed by atoms with van der Waals surface area (Å²) in [6, 6.07) is 12.6. The van der Waals surface area contributed by atoms with Gasteiger partial charge in [-0.15, -0.1) is 0 Å². The molecule has 0 amide bonds. The first kappa shape index (κ1) is 12.1. The van der Waals surface area contributed by atoms with E-state index in [9.17, 15) is 0 Å². The Kier molecular flexibility index (Phi) is 3.77. The van der Waals surface area contributed by atoms with Crippen LogP contribution in [0.1, 0.15) is 5.56 Å². The van der Waals surface area contributed by atoms with Gasteiger partial charge in [0.15, 0.2) is 0 Å². The van der Waals surface area contributed by atoms with Crippen molar-refractivity contribution < 1.29 is 4.74 Å². The highest BCUT2D eigenvalue weighted by atomic mass is 35.5. The summed E-state index contributed by atoms with van der Waals surface area (Å²) in [5.74, 6) is 0.760. The molecule has 88 valence electrons. The average molecular weight is 268 g/mol. The van der Waals surface area contributed by atoms with Crippen LogP contribution < -0.4 is 10.5 Å². The number of anilines is 1. The molecule has 2 nitrogen and oxygen atoms in total. The predicted octanol–water partition coefficient (Wildman–Crippen LogP) is 4.15. The molecular formula is C13H11Cl2NO. The molecule has 0 spiro atoms. The molecule has 0 atom stereocenters. The van der Waals surface area contributed by atoms with Crippen LogP contribution in [-0.2, 0) is 6.61 Å². The maximum absolute atomic E-state index is 5.90. The summed E-state index contributed by atoms with van der Waals surface area (Å²) >= 11 is 11.8. The minimum atomic E-state index is 0.421. The van der Waals surface area contributed by atoms with Crippen molar-refractivity contribution in [3.8, 4) is 5.75 Å². The number of halogens is 2. The smallest absolute Gasteiger partial charge is 0.119 e. The molecule has 0 radical (unpaired) electrons. The quantitative estimate of drug-likeness (QED) is 0.848. The molecule has 0 heterocycles. The lowest BCUT2D eigenvalue weighted by molar-refractivity contribution is 0.306. The second-order valence-electron chi connectivity index (χ2n) is 3.64. The molecule has 2 aromatic carbocycles. The molecular weight excluding hydrogens is 257 g/mol. The van der Waals surface area contributed by atoms with E-state index < -0.39 is 0 Å². The second-order valence-corrected chi connectivity index (χ2v) is 4.51. The van der Waals surface area contributed by atoms with Gasteiger partial charge in [-0.3, -0.25) is 0 Å². The molecule has 2 aromatic rings. The van der Waals surface area contributed by atoms with Gasteiger partial charge >= 0.3 is 0 Å². The lowest BCUT2D eigenvalue weighted by atomic mass is 10.2. The van der Waals surface area contributed by atoms with Crippen molar-refractivity contribution in [2.75, 3.05) is 5.73 Å². The van der Waals surface area contributed by atoms with Crippen LogP contribution in [0.25, 0.3) is 0 Å². The monoisotopic (exact) mass is 267 g/mol. The van der Waals surface area contributed by atoms with Crippen LogP contribution >= 0.6 is 23.2 Å². The number of ether oxygens (including phenoxy) is 1. The Morgan fingerprint density at radius 2 is 1.53 bits per heavy atom. The van der Waals surface area contributed by atoms with Crippen LogP contribution in [0.2, 0.25) is 10.0 Å². The fourth-order valence-electron chi connectivity index (χ4n) is 1.43. The van der Waals surface area contributed by atoms with Gasteiger partial charge in [0.2, 0.25) is 0 Å². The largest absolute Gasteiger partial charge is 0.489 e. The van der Waals surface area contributed by atoms with Gasteiger partial charge < -0.3 is 10.5 Å². The highest BCUT2D eigenvalue weighted by molar-refractivity contribution is 6.34. The zero-order chi connectivity index (χ0) is 12.3. The maximum Gasteiger partial charge on any atom is 0.119 e. The highest BCUT2D eigenvalue weighted by Gasteiger charge is 2.00. The Morgan fingerprint density at radius 3 is 2.12 bits per heavy atom. The van der Waals surface area contributed by atoms with E-state index in [1.54, 1.807) is 18.2 Å². The van der Waals surface area contributed by atoms with Gasteiger partial charge in [-0.2, -0.15) is 0 Å². The fraction of sp³-hybridized carbons (Fsp3) is 0.0769. The van der Waals surface area contributed by atoms with Gasteiger partial charge in [0.1, 0.15) is 12.4 Å². The number of rotatable bonds is 3. The summed E-state index contributed by atoms with van der Waals surface area (Å²) in [7, 11) is 0. The first-order valence-electron chi connectivity index (χ1n) is 5.07. The summed E-state index contributed by atoms with van der Waals surface area (Å²) in [5, 5.41) is 1.21. The third-order valence-electron chi connectivity index (χ3n) is 2.21. The van der Waals surface area contributed by atoms with E-state index in [-0.39, 0.29) is 0 Å². The van der Waals surface area contributed by atoms with Crippen molar-refractivity contribution in [3.63, 3.8) is 0 Å². The number of hydrogen-bond acceptors (Lipinski definition) is 2. The molecule has 0 saturated heterocycles. The molecule has 0 fully saturated rings. The molecule has 4 heteroatoms. The normalized spacial score (nSPS) is 10.2. The molecule has 0 aromatic heterocycles. The van der Waals surface area contributed by atoms with Crippen LogP contribution in [0.3, 0.4) is 0 Å². The SMILES string of the molecule is Nc1ccc(OCc2cc(Cl)cc(Cl)c2)cc1. The average Bonchev–Trinajstić information content (AvgIpc) is 2.27. The van der Waals surface area contributed by atoms with Crippen LogP contribution in [0.4, 0.5) is 5.69 Å². The number of nitrogen functional groups attached to an aromatic ring is 1. The van der Waals surface area contributed by atoms with E-state index in [2.05, 4.69) is 0 Å². The third kappa shape index (κ3) is 3.55. The highest BCUT2D eigenvalue weighted by Crippen LogP contribution is 2.21. The molecule has 0 aliphatic heterocycles. The Balaban J connectivity index is 2.04. The molecule has 0 aliphatic rings. The fourth-order valence-corrected chi connectivity index (χ4v) is 2.00. The van der Waals surface area contributed by atoms with Gasteiger partial charge in [-0.05, 0) is 48.0 Å². The summed E-state index contributed by atoms with van der Waals surface area (Å²) < 4.78 is 5.58. The predicted molar refractivity (Wildman–Crippen MR) is 71.6 cm³/mol. The van der Waals surface area contributed by atoms with Gasteiger partial charge in [0.25, 0.3) is 0 Å². The molecule has 0 aliphatic carbocycles. The van der Waals surface area contributed by atoms with Crippen molar-refractivity contribution >= 4 is 28.9 Å². The maximum atomic E-state index is 5.90. The van der Waals surface area contributed by atoms with E-state index in [1.165, 1.54) is 0 Å². The number of nitrogens with two attached hydrogens (primary N) is 1. The first-order chi connectivity index (χ1) is 8.13. The van der Waals surface area contributed by atoms with Gasteiger partial charge in [-0.1, -0.05) is 23.2 Å². The Bertz CT molecular complexity index is 491. The van der Waals surface area contributed by atoms with Gasteiger partial charge in [-0.25, -0.2) is 0 Å². The molecule has 17 heavy (non-hydrogen) atoms. The summed E-state index contributed by atoms with van der Waals surface area (Å²) in [6.07, 6.45) is 0. The van der Waals surface area contributed by atoms with Crippen molar-refractivity contribution in [1.29, 1.82) is 0 Å². The summed E-state index contributed by atoms with van der Waals surface area (Å²) in [5.41, 5.74) is 7.22. The minimum absolute atomic E-state index is 0.421. The van der Waals surface area contributed by atoms with E-state index in [1.807, 2.05) is 24.3 Å². The van der Waals surface area contributed by atoms with Crippen molar-refractivity contribution in [2.24, 2.45) is 0 Å². The standard InChI is InChI=1S/C13H11Cl2NO/c14-10-5-9(6-11(15)7-10)8-17-13-3-1-12(16)2-4-13/h1-7H,8,16H2. The van der Waals surface area contributed by atoms with Crippen LogP contribution in [0, 0.1) is 0 Å². The summed E-state index contributed by atoms with van der Waals surface area (Å²) in [6.45, 7) is 0.421. The molecule has 0 unspecified atom stereocenters. The zero-order valence-electron chi connectivity index (χ0n) is 8.99. The second kappa shape index (κ2) is 5.30. The molecule has 2 N–H and O–H groups in total. The third-order valence-corrected chi connectivity index (χ3v) is 2.64. The summed E-state index contributed by atoms with van der Waals surface area (Å²) in [4.78, 5) is 0. The molecule has 0 bridgehead atoms. The number of benzene rings is 2. The van der Waals surface area contributed by atoms with Crippen molar-refractivity contribution in [1.82, 2.24) is 0 Å². The van der Waals surface area contributed by atoms with Crippen molar-refractivity contribution in [3.05, 3.63) is 58.1 Å². The minimum Gasteiger partial charge on any atom is -0.489 e. The van der Waals surface area contributed by atoms with Gasteiger partial charge in [0.05, 0.1) is 0 Å². The van der Waals surface area contributed by atoms with Crippen LogP contribution in [0.15, 0.2) is 42.5 Å². The molecule has 0 saturated carbocycles. The molecule has 2 rings (SSSR count). The van der Waals surface area contributed by atoms with E-state index in [4.69, 9.17) is 33.7 Å². The van der Waals surface area contributed by atoms with Crippen LogP contribution in [0.5, 0.6) is 5.75 Å². The van der Waals surface area contributed by atoms with E-state index in [0.717, 1.165) is 11.3 Å².